The maximum absolute atomic E-state index is 12.2. The van der Waals surface area contributed by atoms with Gasteiger partial charge in [0.1, 0.15) is 5.69 Å². The largest absolute Gasteiger partial charge is 0.383 e. The minimum atomic E-state index is -0.189. The molecule has 0 aromatic carbocycles. The van der Waals surface area contributed by atoms with E-state index in [4.69, 9.17) is 10.5 Å². The second kappa shape index (κ2) is 8.05. The van der Waals surface area contributed by atoms with Crippen LogP contribution in [0.25, 0.3) is 0 Å². The third-order valence-electron chi connectivity index (χ3n) is 3.87. The van der Waals surface area contributed by atoms with E-state index in [1.807, 2.05) is 0 Å². The second-order valence-corrected chi connectivity index (χ2v) is 5.76. The lowest BCUT2D eigenvalue weighted by Gasteiger charge is -2.32. The van der Waals surface area contributed by atoms with Gasteiger partial charge in [-0.3, -0.25) is 4.79 Å². The maximum atomic E-state index is 12.2. The monoisotopic (exact) mass is 307 g/mol. The fourth-order valence-corrected chi connectivity index (χ4v) is 2.78. The fraction of sp³-hybridized carbons (Fsp3) is 0.667. The number of nitrogens with one attached hydrogen (secondary N) is 1. The topological polar surface area (TPSA) is 93.4 Å². The van der Waals surface area contributed by atoms with Crippen LogP contribution in [0.1, 0.15) is 29.0 Å². The molecule has 1 atom stereocenters. The van der Waals surface area contributed by atoms with E-state index in [9.17, 15) is 4.79 Å². The van der Waals surface area contributed by atoms with Crippen LogP contribution in [0.4, 0.5) is 5.95 Å². The molecule has 0 aliphatic carbocycles. The van der Waals surface area contributed by atoms with Gasteiger partial charge in [-0.25, -0.2) is 9.97 Å². The molecular formula is C15H25N5O2. The summed E-state index contributed by atoms with van der Waals surface area (Å²) in [5.41, 5.74) is 6.61. The van der Waals surface area contributed by atoms with Crippen molar-refractivity contribution in [3.63, 3.8) is 0 Å². The normalized spacial score (nSPS) is 19.1. The molecule has 1 aromatic rings. The van der Waals surface area contributed by atoms with Crippen molar-refractivity contribution in [3.8, 4) is 0 Å². The van der Waals surface area contributed by atoms with Gasteiger partial charge in [-0.05, 0) is 38.3 Å². The molecule has 2 rings (SSSR count). The van der Waals surface area contributed by atoms with Gasteiger partial charge in [0.15, 0.2) is 0 Å². The van der Waals surface area contributed by atoms with Crippen LogP contribution < -0.4 is 11.1 Å². The van der Waals surface area contributed by atoms with Crippen LogP contribution in [0.2, 0.25) is 0 Å². The van der Waals surface area contributed by atoms with Crippen LogP contribution in [-0.2, 0) is 4.74 Å². The van der Waals surface area contributed by atoms with Crippen LogP contribution in [0.15, 0.2) is 6.07 Å². The number of nitrogens with two attached hydrogens (primary N) is 1. The number of aryl methyl sites for hydroxylation is 1. The van der Waals surface area contributed by atoms with Gasteiger partial charge >= 0.3 is 0 Å². The zero-order chi connectivity index (χ0) is 15.9. The van der Waals surface area contributed by atoms with E-state index in [2.05, 4.69) is 20.2 Å². The highest BCUT2D eigenvalue weighted by Gasteiger charge is 2.20. The molecule has 7 nitrogen and oxygen atoms in total. The Labute approximate surface area is 131 Å². The third-order valence-corrected chi connectivity index (χ3v) is 3.87. The highest BCUT2D eigenvalue weighted by Crippen LogP contribution is 2.15. The molecule has 7 heteroatoms. The number of ether oxygens (including phenoxy) is 1. The van der Waals surface area contributed by atoms with Crippen molar-refractivity contribution in [2.45, 2.75) is 19.8 Å². The van der Waals surface area contributed by atoms with Crippen molar-refractivity contribution in [1.29, 1.82) is 0 Å². The smallest absolute Gasteiger partial charge is 0.270 e. The molecular weight excluding hydrogens is 282 g/mol. The standard InChI is InChI=1S/C15H25N5O2/c1-11-8-13(19-15(16)18-11)14(21)17-9-12-4-3-5-20(10-12)6-7-22-2/h8,12H,3-7,9-10H2,1-2H3,(H,17,21)(H2,16,18,19)/t12-/m0/s1. The Hall–Kier alpha value is -1.73. The Morgan fingerprint density at radius 1 is 1.55 bits per heavy atom. The summed E-state index contributed by atoms with van der Waals surface area (Å²) in [4.78, 5) is 22.5. The number of aromatic nitrogens is 2. The number of hydrogen-bond donors (Lipinski definition) is 2. The molecule has 0 bridgehead atoms. The summed E-state index contributed by atoms with van der Waals surface area (Å²) in [6.45, 7) is 6.25. The van der Waals surface area contributed by atoms with Crippen molar-refractivity contribution in [3.05, 3.63) is 17.5 Å². The van der Waals surface area contributed by atoms with E-state index in [1.165, 1.54) is 0 Å². The predicted molar refractivity (Wildman–Crippen MR) is 84.6 cm³/mol. The first-order valence-electron chi connectivity index (χ1n) is 7.69. The van der Waals surface area contributed by atoms with E-state index >= 15 is 0 Å². The number of carbonyl (C=O) groups excluding carboxylic acids is 1. The fourth-order valence-electron chi connectivity index (χ4n) is 2.78. The van der Waals surface area contributed by atoms with Crippen molar-refractivity contribution < 1.29 is 9.53 Å². The number of rotatable bonds is 6. The minimum absolute atomic E-state index is 0.133. The summed E-state index contributed by atoms with van der Waals surface area (Å²) in [5.74, 6) is 0.412. The zero-order valence-electron chi connectivity index (χ0n) is 13.3. The summed E-state index contributed by atoms with van der Waals surface area (Å²) in [6.07, 6.45) is 2.29. The molecule has 1 aliphatic heterocycles. The first kappa shape index (κ1) is 16.6. The average molecular weight is 307 g/mol. The number of methoxy groups -OCH3 is 1. The lowest BCUT2D eigenvalue weighted by Crippen LogP contribution is -2.42. The second-order valence-electron chi connectivity index (χ2n) is 5.76. The summed E-state index contributed by atoms with van der Waals surface area (Å²) < 4.78 is 5.12. The first-order valence-corrected chi connectivity index (χ1v) is 7.69. The molecule has 1 saturated heterocycles. The van der Waals surface area contributed by atoms with E-state index in [1.54, 1.807) is 20.1 Å². The summed E-state index contributed by atoms with van der Waals surface area (Å²) in [6, 6.07) is 1.65. The molecule has 3 N–H and O–H groups in total. The predicted octanol–water partition coefficient (Wildman–Crippen LogP) is 0.455. The molecule has 22 heavy (non-hydrogen) atoms. The quantitative estimate of drug-likeness (QED) is 0.793. The molecule has 1 aromatic heterocycles. The number of nitrogen functional groups attached to an aromatic ring is 1. The first-order chi connectivity index (χ1) is 10.6. The van der Waals surface area contributed by atoms with Crippen LogP contribution in [0, 0.1) is 12.8 Å². The Morgan fingerprint density at radius 2 is 2.36 bits per heavy atom. The molecule has 1 fully saturated rings. The number of likely N-dealkylation sites (tertiary alicyclic amines) is 1. The minimum Gasteiger partial charge on any atom is -0.383 e. The summed E-state index contributed by atoms with van der Waals surface area (Å²) in [5, 5.41) is 2.96. The Kier molecular flexibility index (Phi) is 6.09. The van der Waals surface area contributed by atoms with E-state index in [0.29, 0.717) is 23.9 Å². The lowest BCUT2D eigenvalue weighted by molar-refractivity contribution is 0.0908. The van der Waals surface area contributed by atoms with E-state index < -0.39 is 0 Å². The maximum Gasteiger partial charge on any atom is 0.270 e. The van der Waals surface area contributed by atoms with E-state index in [-0.39, 0.29) is 11.9 Å². The number of anilines is 1. The van der Waals surface area contributed by atoms with Crippen molar-refractivity contribution in [2.75, 3.05) is 45.6 Å². The number of nitrogens with zero attached hydrogens (tertiary/aromatic N) is 3. The summed E-state index contributed by atoms with van der Waals surface area (Å²) in [7, 11) is 1.72. The van der Waals surface area contributed by atoms with Gasteiger partial charge in [-0.1, -0.05) is 0 Å². The van der Waals surface area contributed by atoms with Gasteiger partial charge in [-0.15, -0.1) is 0 Å². The van der Waals surface area contributed by atoms with Crippen molar-refractivity contribution in [2.24, 2.45) is 5.92 Å². The zero-order valence-corrected chi connectivity index (χ0v) is 13.3. The number of piperidine rings is 1. The van der Waals surface area contributed by atoms with Crippen LogP contribution in [-0.4, -0.2) is 60.7 Å². The summed E-state index contributed by atoms with van der Waals surface area (Å²) >= 11 is 0. The number of hydrogen-bond acceptors (Lipinski definition) is 6. The molecule has 0 radical (unpaired) electrons. The molecule has 0 spiro atoms. The van der Waals surface area contributed by atoms with E-state index in [0.717, 1.165) is 39.1 Å². The van der Waals surface area contributed by atoms with Crippen LogP contribution >= 0.6 is 0 Å². The van der Waals surface area contributed by atoms with Gasteiger partial charge in [0.2, 0.25) is 5.95 Å². The Bertz CT molecular complexity index is 488. The van der Waals surface area contributed by atoms with Gasteiger partial charge in [0, 0.05) is 32.4 Å². The molecule has 0 saturated carbocycles. The molecule has 1 amide bonds. The molecule has 1 aliphatic rings. The SMILES string of the molecule is COCCN1CCC[C@@H](CNC(=O)c2cc(C)nc(N)n2)C1. The van der Waals surface area contributed by atoms with Gasteiger partial charge in [-0.2, -0.15) is 0 Å². The molecule has 0 unspecified atom stereocenters. The van der Waals surface area contributed by atoms with Gasteiger partial charge in [0.25, 0.3) is 5.91 Å². The molecule has 2 heterocycles. The van der Waals surface area contributed by atoms with Crippen LogP contribution in [0.5, 0.6) is 0 Å². The highest BCUT2D eigenvalue weighted by molar-refractivity contribution is 5.92. The van der Waals surface area contributed by atoms with Crippen molar-refractivity contribution >= 4 is 11.9 Å². The number of carbonyl (C=O) groups is 1. The Morgan fingerprint density at radius 3 is 3.09 bits per heavy atom. The molecule has 122 valence electrons. The van der Waals surface area contributed by atoms with Gasteiger partial charge < -0.3 is 20.7 Å². The number of amides is 1. The van der Waals surface area contributed by atoms with Crippen molar-refractivity contribution in [1.82, 2.24) is 20.2 Å². The van der Waals surface area contributed by atoms with Gasteiger partial charge in [0.05, 0.1) is 6.61 Å². The average Bonchev–Trinajstić information content (AvgIpc) is 2.50. The Balaban J connectivity index is 1.82. The lowest BCUT2D eigenvalue weighted by atomic mass is 9.98. The highest BCUT2D eigenvalue weighted by atomic mass is 16.5. The van der Waals surface area contributed by atoms with Crippen LogP contribution in [0.3, 0.4) is 0 Å². The third kappa shape index (κ3) is 4.92.